The van der Waals surface area contributed by atoms with Crippen LogP contribution in [0.2, 0.25) is 5.02 Å². The van der Waals surface area contributed by atoms with E-state index in [1.807, 2.05) is 6.07 Å². The molecule has 0 unspecified atom stereocenters. The van der Waals surface area contributed by atoms with Gasteiger partial charge in [0.2, 0.25) is 0 Å². The van der Waals surface area contributed by atoms with Gasteiger partial charge in [0.05, 0.1) is 6.07 Å². The van der Waals surface area contributed by atoms with Crippen LogP contribution in [0.1, 0.15) is 12.0 Å². The van der Waals surface area contributed by atoms with Crippen LogP contribution in [0.4, 0.5) is 8.78 Å². The molecule has 1 aromatic rings. The Labute approximate surface area is 79.6 Å². The van der Waals surface area contributed by atoms with Crippen LogP contribution in [0.3, 0.4) is 0 Å². The van der Waals surface area contributed by atoms with E-state index in [2.05, 4.69) is 0 Å². The molecule has 0 N–H and O–H groups in total. The maximum atomic E-state index is 12.8. The van der Waals surface area contributed by atoms with Gasteiger partial charge in [0.1, 0.15) is 16.7 Å². The first-order valence-electron chi connectivity index (χ1n) is 3.65. The quantitative estimate of drug-likeness (QED) is 0.675. The van der Waals surface area contributed by atoms with Crippen molar-refractivity contribution >= 4 is 11.6 Å². The molecule has 0 spiro atoms. The molecule has 0 aliphatic heterocycles. The van der Waals surface area contributed by atoms with Crippen molar-refractivity contribution in [3.8, 4) is 6.07 Å². The van der Waals surface area contributed by atoms with Crippen molar-refractivity contribution < 1.29 is 8.78 Å². The summed E-state index contributed by atoms with van der Waals surface area (Å²) >= 11 is 5.27. The SMILES string of the molecule is N#CCCc1cc(F)c(Cl)c(F)c1. The van der Waals surface area contributed by atoms with Crippen molar-refractivity contribution in [3.05, 3.63) is 34.4 Å². The fraction of sp³-hybridized carbons (Fsp3) is 0.222. The molecule has 68 valence electrons. The van der Waals surface area contributed by atoms with E-state index in [0.717, 1.165) is 12.1 Å². The lowest BCUT2D eigenvalue weighted by atomic mass is 10.1. The highest BCUT2D eigenvalue weighted by Crippen LogP contribution is 2.20. The van der Waals surface area contributed by atoms with Gasteiger partial charge >= 0.3 is 0 Å². The van der Waals surface area contributed by atoms with Gasteiger partial charge in [-0.15, -0.1) is 0 Å². The van der Waals surface area contributed by atoms with E-state index in [9.17, 15) is 8.78 Å². The van der Waals surface area contributed by atoms with E-state index >= 15 is 0 Å². The molecule has 13 heavy (non-hydrogen) atoms. The third kappa shape index (κ3) is 2.40. The van der Waals surface area contributed by atoms with Crippen LogP contribution in [-0.4, -0.2) is 0 Å². The van der Waals surface area contributed by atoms with Crippen molar-refractivity contribution in [2.45, 2.75) is 12.8 Å². The lowest BCUT2D eigenvalue weighted by Crippen LogP contribution is -1.90. The van der Waals surface area contributed by atoms with Crippen molar-refractivity contribution in [1.82, 2.24) is 0 Å². The molecule has 0 saturated carbocycles. The summed E-state index contributed by atoms with van der Waals surface area (Å²) in [4.78, 5) is 0. The molecular weight excluding hydrogens is 196 g/mol. The average Bonchev–Trinajstić information content (AvgIpc) is 2.10. The Hall–Kier alpha value is -1.14. The van der Waals surface area contributed by atoms with Gasteiger partial charge < -0.3 is 0 Å². The topological polar surface area (TPSA) is 23.8 Å². The normalized spacial score (nSPS) is 9.69. The Morgan fingerprint density at radius 2 is 1.85 bits per heavy atom. The molecule has 1 nitrogen and oxygen atoms in total. The van der Waals surface area contributed by atoms with E-state index in [1.54, 1.807) is 0 Å². The van der Waals surface area contributed by atoms with Crippen molar-refractivity contribution in [2.24, 2.45) is 0 Å². The average molecular weight is 202 g/mol. The van der Waals surface area contributed by atoms with E-state index in [1.165, 1.54) is 0 Å². The first-order valence-corrected chi connectivity index (χ1v) is 4.03. The second-order valence-corrected chi connectivity index (χ2v) is 2.91. The van der Waals surface area contributed by atoms with Crippen LogP contribution in [0.15, 0.2) is 12.1 Å². The standard InChI is InChI=1S/C9H6ClF2N/c10-9-7(11)4-6(2-1-3-13)5-8(9)12/h4-5H,1-2H2. The van der Waals surface area contributed by atoms with Crippen molar-refractivity contribution in [2.75, 3.05) is 0 Å². The first kappa shape index (κ1) is 9.94. The van der Waals surface area contributed by atoms with Gasteiger partial charge in [0, 0.05) is 6.42 Å². The van der Waals surface area contributed by atoms with E-state index < -0.39 is 16.7 Å². The Kier molecular flexibility index (Phi) is 3.21. The lowest BCUT2D eigenvalue weighted by molar-refractivity contribution is 0.580. The van der Waals surface area contributed by atoms with Gasteiger partial charge in [-0.3, -0.25) is 0 Å². The predicted molar refractivity (Wildman–Crippen MR) is 45.3 cm³/mol. The van der Waals surface area contributed by atoms with Gasteiger partial charge in [0.25, 0.3) is 0 Å². The molecule has 0 bridgehead atoms. The molecule has 0 heterocycles. The zero-order chi connectivity index (χ0) is 9.84. The van der Waals surface area contributed by atoms with Crippen LogP contribution >= 0.6 is 11.6 Å². The lowest BCUT2D eigenvalue weighted by Gasteiger charge is -2.00. The second kappa shape index (κ2) is 4.20. The van der Waals surface area contributed by atoms with Gasteiger partial charge in [0.15, 0.2) is 0 Å². The number of aryl methyl sites for hydroxylation is 1. The van der Waals surface area contributed by atoms with Gasteiger partial charge in [-0.25, -0.2) is 8.78 Å². The molecule has 4 heteroatoms. The predicted octanol–water partition coefficient (Wildman–Crippen LogP) is 3.07. The Bertz CT molecular complexity index is 334. The molecule has 0 atom stereocenters. The summed E-state index contributed by atoms with van der Waals surface area (Å²) < 4.78 is 25.6. The highest BCUT2D eigenvalue weighted by Gasteiger charge is 2.07. The fourth-order valence-electron chi connectivity index (χ4n) is 0.953. The summed E-state index contributed by atoms with van der Waals surface area (Å²) in [7, 11) is 0. The number of nitriles is 1. The molecule has 1 rings (SSSR count). The molecule has 0 aromatic heterocycles. The molecule has 0 aliphatic carbocycles. The van der Waals surface area contributed by atoms with Crippen LogP contribution in [0.25, 0.3) is 0 Å². The van der Waals surface area contributed by atoms with Gasteiger partial charge in [-0.2, -0.15) is 5.26 Å². The van der Waals surface area contributed by atoms with Gasteiger partial charge in [-0.1, -0.05) is 11.6 Å². The summed E-state index contributed by atoms with van der Waals surface area (Å²) in [6, 6.07) is 4.18. The van der Waals surface area contributed by atoms with Crippen LogP contribution in [0.5, 0.6) is 0 Å². The number of halogens is 3. The van der Waals surface area contributed by atoms with Gasteiger partial charge in [-0.05, 0) is 24.1 Å². The number of benzene rings is 1. The summed E-state index contributed by atoms with van der Waals surface area (Å²) in [6.45, 7) is 0. The van der Waals surface area contributed by atoms with Crippen molar-refractivity contribution in [3.63, 3.8) is 0 Å². The number of hydrogen-bond acceptors (Lipinski definition) is 1. The monoisotopic (exact) mass is 201 g/mol. The summed E-state index contributed by atoms with van der Waals surface area (Å²) in [6.07, 6.45) is 0.571. The highest BCUT2D eigenvalue weighted by atomic mass is 35.5. The summed E-state index contributed by atoms with van der Waals surface area (Å²) in [5.41, 5.74) is 0.445. The van der Waals surface area contributed by atoms with Crippen LogP contribution in [0, 0.1) is 23.0 Å². The molecule has 0 radical (unpaired) electrons. The minimum absolute atomic E-state index is 0.237. The summed E-state index contributed by atoms with van der Waals surface area (Å²) in [5.74, 6) is -1.57. The fourth-order valence-corrected chi connectivity index (χ4v) is 1.06. The van der Waals surface area contributed by atoms with Crippen LogP contribution < -0.4 is 0 Å². The second-order valence-electron chi connectivity index (χ2n) is 2.53. The van der Waals surface area contributed by atoms with E-state index in [0.29, 0.717) is 12.0 Å². The number of nitrogens with zero attached hydrogens (tertiary/aromatic N) is 1. The Morgan fingerprint density at radius 1 is 1.31 bits per heavy atom. The van der Waals surface area contributed by atoms with E-state index in [4.69, 9.17) is 16.9 Å². The third-order valence-corrected chi connectivity index (χ3v) is 1.93. The maximum absolute atomic E-state index is 12.8. The molecule has 0 aliphatic rings. The zero-order valence-electron chi connectivity index (χ0n) is 6.65. The minimum Gasteiger partial charge on any atom is -0.205 e. The molecule has 0 amide bonds. The van der Waals surface area contributed by atoms with Crippen molar-refractivity contribution in [1.29, 1.82) is 5.26 Å². The highest BCUT2D eigenvalue weighted by molar-refractivity contribution is 6.30. The first-order chi connectivity index (χ1) is 6.15. The minimum atomic E-state index is -0.783. The van der Waals surface area contributed by atoms with Crippen LogP contribution in [-0.2, 0) is 6.42 Å². The molecule has 1 aromatic carbocycles. The molecule has 0 saturated heterocycles. The summed E-state index contributed by atoms with van der Waals surface area (Å²) in [5, 5.41) is 7.76. The maximum Gasteiger partial charge on any atom is 0.145 e. The Morgan fingerprint density at radius 3 is 2.31 bits per heavy atom. The molecular formula is C9H6ClF2N. The molecule has 0 fully saturated rings. The third-order valence-electron chi connectivity index (χ3n) is 1.57. The largest absolute Gasteiger partial charge is 0.205 e. The smallest absolute Gasteiger partial charge is 0.145 e. The number of hydrogen-bond donors (Lipinski definition) is 0. The Balaban J connectivity index is 2.94. The zero-order valence-corrected chi connectivity index (χ0v) is 7.41. The van der Waals surface area contributed by atoms with E-state index in [-0.39, 0.29) is 6.42 Å². The number of rotatable bonds is 2.